The van der Waals surface area contributed by atoms with Gasteiger partial charge in [0, 0.05) is 36.1 Å². The molecular weight excluding hydrogens is 326 g/mol. The quantitative estimate of drug-likeness (QED) is 0.596. The van der Waals surface area contributed by atoms with Crippen molar-refractivity contribution in [1.29, 1.82) is 0 Å². The van der Waals surface area contributed by atoms with Gasteiger partial charge in [-0.2, -0.15) is 0 Å². The van der Waals surface area contributed by atoms with Crippen molar-refractivity contribution in [2.75, 3.05) is 19.7 Å². The molecular formula is C22H29NO3. The second kappa shape index (κ2) is 4.10. The average molecular weight is 355 g/mol. The zero-order valence-corrected chi connectivity index (χ0v) is 15.6. The van der Waals surface area contributed by atoms with Crippen LogP contribution in [0.25, 0.3) is 0 Å². The number of aliphatic hydroxyl groups excluding tert-OH is 1. The lowest BCUT2D eigenvalue weighted by atomic mass is 9.47. The minimum Gasteiger partial charge on any atom is -0.550 e. The van der Waals surface area contributed by atoms with E-state index < -0.39 is 5.97 Å². The third-order valence-electron chi connectivity index (χ3n) is 11.0. The van der Waals surface area contributed by atoms with Crippen molar-refractivity contribution in [3.63, 3.8) is 0 Å². The number of rotatable bonds is 2. The van der Waals surface area contributed by atoms with E-state index in [2.05, 4.69) is 6.92 Å². The SMILES string of the molecule is C[C@@H]1C[N+]23C[C@H]4CCC5=C6[C@H](CC5)[C@H](C(=O)[O-])CC65[C@@H]2C1C[C@H]3[C@]45CO. The molecule has 3 unspecified atom stereocenters. The molecule has 1 N–H and O–H groups in total. The topological polar surface area (TPSA) is 60.4 Å². The van der Waals surface area contributed by atoms with Crippen LogP contribution in [0, 0.1) is 40.4 Å². The Balaban J connectivity index is 1.55. The highest BCUT2D eigenvalue weighted by Crippen LogP contribution is 2.84. The highest BCUT2D eigenvalue weighted by molar-refractivity contribution is 5.71. The number of carboxylic acids is 1. The van der Waals surface area contributed by atoms with Gasteiger partial charge in [-0.1, -0.05) is 18.1 Å². The molecule has 4 heteroatoms. The molecule has 0 aromatic rings. The van der Waals surface area contributed by atoms with Gasteiger partial charge in [0.2, 0.25) is 0 Å². The number of carbonyl (C=O) groups excluding carboxylic acids is 1. The maximum Gasteiger partial charge on any atom is 0.103 e. The number of hydrogen-bond acceptors (Lipinski definition) is 3. The van der Waals surface area contributed by atoms with Gasteiger partial charge >= 0.3 is 0 Å². The van der Waals surface area contributed by atoms with E-state index in [0.29, 0.717) is 18.0 Å². The zero-order chi connectivity index (χ0) is 17.6. The number of allylic oxidation sites excluding steroid dienone is 1. The molecule has 4 nitrogen and oxygen atoms in total. The van der Waals surface area contributed by atoms with Crippen LogP contribution in [-0.4, -0.2) is 47.3 Å². The van der Waals surface area contributed by atoms with Crippen molar-refractivity contribution < 1.29 is 19.5 Å². The van der Waals surface area contributed by atoms with Gasteiger partial charge in [-0.3, -0.25) is 0 Å². The van der Waals surface area contributed by atoms with Crippen LogP contribution in [0.1, 0.15) is 45.4 Å². The smallest absolute Gasteiger partial charge is 0.103 e. The number of aliphatic hydroxyl groups is 1. The van der Waals surface area contributed by atoms with E-state index in [1.807, 2.05) is 0 Å². The summed E-state index contributed by atoms with van der Waals surface area (Å²) >= 11 is 0. The van der Waals surface area contributed by atoms with E-state index in [-0.39, 0.29) is 29.3 Å². The van der Waals surface area contributed by atoms with E-state index in [4.69, 9.17) is 0 Å². The molecule has 7 rings (SSSR count). The Morgan fingerprint density at radius 2 is 2.12 bits per heavy atom. The monoisotopic (exact) mass is 355 g/mol. The number of nitrogens with zero attached hydrogens (tertiary/aromatic N) is 1. The third kappa shape index (κ3) is 1.13. The summed E-state index contributed by atoms with van der Waals surface area (Å²) in [5, 5.41) is 23.1. The third-order valence-corrected chi connectivity index (χ3v) is 11.0. The molecule has 4 saturated heterocycles. The Morgan fingerprint density at radius 3 is 2.88 bits per heavy atom. The molecule has 0 radical (unpaired) electrons. The summed E-state index contributed by atoms with van der Waals surface area (Å²) in [5.74, 6) is 1.18. The van der Waals surface area contributed by atoms with E-state index in [1.165, 1.54) is 36.8 Å². The largest absolute Gasteiger partial charge is 0.550 e. The highest BCUT2D eigenvalue weighted by Gasteiger charge is 2.92. The predicted molar refractivity (Wildman–Crippen MR) is 92.4 cm³/mol. The summed E-state index contributed by atoms with van der Waals surface area (Å²) in [6.45, 7) is 5.26. The maximum atomic E-state index is 12.1. The normalized spacial score (nSPS) is 62.9. The lowest BCUT2D eigenvalue weighted by molar-refractivity contribution is -0.939. The van der Waals surface area contributed by atoms with Crippen molar-refractivity contribution in [1.82, 2.24) is 0 Å². The molecule has 26 heavy (non-hydrogen) atoms. The van der Waals surface area contributed by atoms with Gasteiger partial charge in [0.05, 0.1) is 36.6 Å². The van der Waals surface area contributed by atoms with Gasteiger partial charge in [-0.05, 0) is 38.0 Å². The van der Waals surface area contributed by atoms with Crippen LogP contribution in [0.4, 0.5) is 0 Å². The minimum atomic E-state index is -0.820. The van der Waals surface area contributed by atoms with E-state index in [0.717, 1.165) is 31.1 Å². The van der Waals surface area contributed by atoms with E-state index >= 15 is 0 Å². The van der Waals surface area contributed by atoms with Gasteiger partial charge in [0.1, 0.15) is 6.04 Å². The van der Waals surface area contributed by atoms with Gasteiger partial charge < -0.3 is 19.5 Å². The number of hydrogen-bond donors (Lipinski definition) is 1. The minimum absolute atomic E-state index is 0.0131. The maximum absolute atomic E-state index is 12.1. The predicted octanol–water partition coefficient (Wildman–Crippen LogP) is 1.09. The summed E-state index contributed by atoms with van der Waals surface area (Å²) in [5.41, 5.74) is 3.13. The molecule has 0 aromatic carbocycles. The Hall–Kier alpha value is -0.870. The Kier molecular flexibility index (Phi) is 2.38. The number of carboxylic acid groups (broad SMARTS) is 1. The number of carbonyl (C=O) groups is 1. The number of aliphatic carboxylic acids is 1. The van der Waals surface area contributed by atoms with Crippen molar-refractivity contribution >= 4 is 5.97 Å². The number of piperidine rings is 2. The van der Waals surface area contributed by atoms with Crippen LogP contribution < -0.4 is 5.11 Å². The van der Waals surface area contributed by atoms with Crippen molar-refractivity contribution in [2.45, 2.75) is 57.5 Å². The summed E-state index contributed by atoms with van der Waals surface area (Å²) in [6, 6.07) is 1.19. The van der Waals surface area contributed by atoms with E-state index in [1.54, 1.807) is 11.1 Å². The summed E-state index contributed by atoms with van der Waals surface area (Å²) < 4.78 is 1.25. The first kappa shape index (κ1) is 15.1. The second-order valence-electron chi connectivity index (χ2n) is 11.0. The fraction of sp³-hybridized carbons (Fsp3) is 0.864. The van der Waals surface area contributed by atoms with Crippen molar-refractivity contribution in [3.8, 4) is 0 Å². The second-order valence-corrected chi connectivity index (χ2v) is 11.0. The number of quaternary nitrogens is 1. The van der Waals surface area contributed by atoms with Gasteiger partial charge in [-0.25, -0.2) is 0 Å². The molecule has 0 aromatic heterocycles. The van der Waals surface area contributed by atoms with Gasteiger partial charge in [0.25, 0.3) is 0 Å². The van der Waals surface area contributed by atoms with Crippen molar-refractivity contribution in [3.05, 3.63) is 11.1 Å². The molecule has 1 saturated carbocycles. The first-order valence-electron chi connectivity index (χ1n) is 10.9. The lowest BCUT2D eigenvalue weighted by Crippen LogP contribution is -2.60. The van der Waals surface area contributed by atoms with Gasteiger partial charge in [-0.15, -0.1) is 0 Å². The standard InChI is InChI=1S/C22H29NO3/c1-11-8-23-9-13-4-2-12-3-5-14-16(20(25)26)7-21(18(12)14)19(23)15(11)6-17(23)22(13,21)10-24/h11,13-17,19,24H,2-10H2,1H3/t11-,13-,14-,15?,16-,17+,19+,21?,22+,23?/m1/s1. The summed E-state index contributed by atoms with van der Waals surface area (Å²) in [7, 11) is 0. The lowest BCUT2D eigenvalue weighted by Gasteiger charge is -2.52. The molecule has 5 bridgehead atoms. The molecule has 140 valence electrons. The van der Waals surface area contributed by atoms with E-state index in [9.17, 15) is 15.0 Å². The van der Waals surface area contributed by atoms with Crippen molar-refractivity contribution in [2.24, 2.45) is 40.4 Å². The first-order valence-corrected chi connectivity index (χ1v) is 10.9. The Morgan fingerprint density at radius 1 is 1.31 bits per heavy atom. The van der Waals surface area contributed by atoms with Gasteiger partial charge in [0.15, 0.2) is 0 Å². The molecule has 10 atom stereocenters. The molecule has 5 fully saturated rings. The highest BCUT2D eigenvalue weighted by atomic mass is 16.4. The molecule has 3 aliphatic carbocycles. The fourth-order valence-electron chi connectivity index (χ4n) is 11.0. The van der Waals surface area contributed by atoms with Crippen LogP contribution in [0.2, 0.25) is 0 Å². The molecule has 4 aliphatic heterocycles. The first-order chi connectivity index (χ1) is 12.5. The molecule has 7 aliphatic rings. The molecule has 0 amide bonds. The van der Waals surface area contributed by atoms with Crippen LogP contribution in [0.3, 0.4) is 0 Å². The Labute approximate surface area is 154 Å². The van der Waals surface area contributed by atoms with Crippen LogP contribution in [0.15, 0.2) is 11.1 Å². The molecule has 4 heterocycles. The van der Waals surface area contributed by atoms with Crippen LogP contribution >= 0.6 is 0 Å². The zero-order valence-electron chi connectivity index (χ0n) is 15.6. The van der Waals surface area contributed by atoms with Crippen LogP contribution in [-0.2, 0) is 4.79 Å². The Bertz CT molecular complexity index is 790. The summed E-state index contributed by atoms with van der Waals surface area (Å²) in [4.78, 5) is 12.1. The average Bonchev–Trinajstić information content (AvgIpc) is 3.36. The summed E-state index contributed by atoms with van der Waals surface area (Å²) in [6.07, 6.45) is 6.59. The van der Waals surface area contributed by atoms with Crippen LogP contribution in [0.5, 0.6) is 0 Å². The molecule has 2 spiro atoms. The fourth-order valence-corrected chi connectivity index (χ4v) is 11.0.